The summed E-state index contributed by atoms with van der Waals surface area (Å²) in [5.41, 5.74) is 0.0436. The molecular weight excluding hydrogens is 438 g/mol. The van der Waals surface area contributed by atoms with Crippen molar-refractivity contribution in [3.05, 3.63) is 42.1 Å². The Morgan fingerprint density at radius 2 is 1.91 bits per heavy atom. The van der Waals surface area contributed by atoms with E-state index in [1.54, 1.807) is 30.5 Å². The highest BCUT2D eigenvalue weighted by Gasteiger charge is 2.40. The summed E-state index contributed by atoms with van der Waals surface area (Å²) < 4.78 is 28.2. The number of nitrogens with one attached hydrogen (secondary N) is 2. The molecule has 8 nitrogen and oxygen atoms in total. The molecular formula is C24H33N5O3S. The number of hydrogen-bond acceptors (Lipinski definition) is 7. The maximum Gasteiger partial charge on any atom is 0.281 e. The molecule has 3 heterocycles. The van der Waals surface area contributed by atoms with Crippen molar-refractivity contribution in [1.82, 2.24) is 14.7 Å². The average molecular weight is 472 g/mol. The van der Waals surface area contributed by atoms with Crippen molar-refractivity contribution >= 4 is 27.6 Å². The van der Waals surface area contributed by atoms with Gasteiger partial charge in [0, 0.05) is 24.8 Å². The van der Waals surface area contributed by atoms with Gasteiger partial charge in [-0.1, -0.05) is 25.8 Å². The number of sulfonamides is 1. The Morgan fingerprint density at radius 1 is 1.15 bits per heavy atom. The first-order chi connectivity index (χ1) is 15.7. The lowest BCUT2D eigenvalue weighted by molar-refractivity contribution is 0.0981. The van der Waals surface area contributed by atoms with Gasteiger partial charge in [-0.2, -0.15) is 8.42 Å². The van der Waals surface area contributed by atoms with Crippen molar-refractivity contribution in [2.75, 3.05) is 23.3 Å². The zero-order valence-corrected chi connectivity index (χ0v) is 20.4. The van der Waals surface area contributed by atoms with Gasteiger partial charge in [-0.25, -0.2) is 14.7 Å². The minimum absolute atomic E-state index is 0.187. The molecule has 178 valence electrons. The normalized spacial score (nSPS) is 20.7. The van der Waals surface area contributed by atoms with Crippen LogP contribution in [0.2, 0.25) is 0 Å². The van der Waals surface area contributed by atoms with Crippen LogP contribution < -0.4 is 14.9 Å². The molecule has 1 saturated heterocycles. The summed E-state index contributed by atoms with van der Waals surface area (Å²) in [6.45, 7) is 7.94. The van der Waals surface area contributed by atoms with E-state index in [0.29, 0.717) is 23.5 Å². The molecule has 0 spiro atoms. The Hall–Kier alpha value is -2.68. The lowest BCUT2D eigenvalue weighted by Gasteiger charge is -2.36. The number of carbonyl (C=O) groups excluding carboxylic acids is 1. The lowest BCUT2D eigenvalue weighted by atomic mass is 9.90. The van der Waals surface area contributed by atoms with E-state index in [2.05, 4.69) is 45.7 Å². The fourth-order valence-corrected chi connectivity index (χ4v) is 5.69. The molecule has 1 unspecified atom stereocenters. The van der Waals surface area contributed by atoms with Crippen molar-refractivity contribution in [2.45, 2.75) is 63.4 Å². The number of carbonyl (C=O) groups is 1. The molecule has 9 heteroatoms. The highest BCUT2D eigenvalue weighted by molar-refractivity contribution is 7.90. The monoisotopic (exact) mass is 471 g/mol. The van der Waals surface area contributed by atoms with E-state index in [1.807, 2.05) is 0 Å². The van der Waals surface area contributed by atoms with Crippen LogP contribution in [0.5, 0.6) is 0 Å². The number of anilines is 2. The van der Waals surface area contributed by atoms with Crippen molar-refractivity contribution in [3.63, 3.8) is 0 Å². The number of pyridine rings is 2. The van der Waals surface area contributed by atoms with Gasteiger partial charge in [0.15, 0.2) is 5.03 Å². The SMILES string of the molecule is CC1CCN(c2ncccc2C(=O)NS(=O)(=O)c2cccc(NCC3CCCC3)n2)C1(C)C. The predicted octanol–water partition coefficient (Wildman–Crippen LogP) is 3.82. The highest BCUT2D eigenvalue weighted by Crippen LogP contribution is 2.38. The van der Waals surface area contributed by atoms with E-state index in [9.17, 15) is 13.2 Å². The smallest absolute Gasteiger partial charge is 0.281 e. The fraction of sp³-hybridized carbons (Fsp3) is 0.542. The predicted molar refractivity (Wildman–Crippen MR) is 129 cm³/mol. The Kier molecular flexibility index (Phi) is 6.61. The zero-order chi connectivity index (χ0) is 23.6. The maximum absolute atomic E-state index is 13.1. The topological polar surface area (TPSA) is 104 Å². The number of nitrogens with zero attached hydrogens (tertiary/aromatic N) is 3. The van der Waals surface area contributed by atoms with Gasteiger partial charge in [0.2, 0.25) is 0 Å². The molecule has 33 heavy (non-hydrogen) atoms. The minimum Gasteiger partial charge on any atom is -0.370 e. The molecule has 2 aliphatic rings. The minimum atomic E-state index is -4.14. The van der Waals surface area contributed by atoms with Crippen LogP contribution in [0.3, 0.4) is 0 Å². The van der Waals surface area contributed by atoms with Gasteiger partial charge < -0.3 is 10.2 Å². The second-order valence-electron chi connectivity index (χ2n) is 9.70. The number of hydrogen-bond donors (Lipinski definition) is 2. The largest absolute Gasteiger partial charge is 0.370 e. The van der Waals surface area contributed by atoms with E-state index in [1.165, 1.54) is 31.7 Å². The summed E-state index contributed by atoms with van der Waals surface area (Å²) in [5, 5.41) is 3.05. The molecule has 0 radical (unpaired) electrons. The first-order valence-electron chi connectivity index (χ1n) is 11.7. The number of amides is 1. The van der Waals surface area contributed by atoms with Gasteiger partial charge in [-0.05, 0) is 69.2 Å². The van der Waals surface area contributed by atoms with Gasteiger partial charge in [-0.3, -0.25) is 4.79 Å². The molecule has 1 amide bonds. The summed E-state index contributed by atoms with van der Waals surface area (Å²) in [6, 6.07) is 8.02. The highest BCUT2D eigenvalue weighted by atomic mass is 32.2. The molecule has 1 aliphatic heterocycles. The van der Waals surface area contributed by atoms with Crippen molar-refractivity contribution < 1.29 is 13.2 Å². The Morgan fingerprint density at radius 3 is 2.61 bits per heavy atom. The molecule has 0 bridgehead atoms. The first kappa shape index (κ1) is 23.5. The van der Waals surface area contributed by atoms with Crippen LogP contribution in [0.1, 0.15) is 63.2 Å². The number of rotatable bonds is 7. The molecule has 2 N–H and O–H groups in total. The summed E-state index contributed by atoms with van der Waals surface area (Å²) in [5.74, 6) is 1.29. The van der Waals surface area contributed by atoms with Crippen LogP contribution >= 0.6 is 0 Å². The van der Waals surface area contributed by atoms with E-state index in [4.69, 9.17) is 0 Å². The summed E-state index contributed by atoms with van der Waals surface area (Å²) in [4.78, 5) is 23.9. The summed E-state index contributed by atoms with van der Waals surface area (Å²) in [6.07, 6.45) is 7.45. The third-order valence-corrected chi connectivity index (χ3v) is 8.48. The van der Waals surface area contributed by atoms with Crippen LogP contribution in [-0.2, 0) is 10.0 Å². The Bertz CT molecular complexity index is 1110. The molecule has 1 aliphatic carbocycles. The van der Waals surface area contributed by atoms with Crippen LogP contribution in [0.25, 0.3) is 0 Å². The van der Waals surface area contributed by atoms with E-state index in [-0.39, 0.29) is 16.1 Å². The molecule has 2 aromatic rings. The standard InChI is InChI=1S/C24H33N5O3S/c1-17-13-15-29(24(17,2)3)22-19(10-7-14-25-22)23(30)28-33(31,32)21-12-6-11-20(27-21)26-16-18-8-4-5-9-18/h6-7,10-12,14,17-18H,4-5,8-9,13,15-16H2,1-3H3,(H,26,27)(H,28,30). The number of aromatic nitrogens is 2. The molecule has 4 rings (SSSR count). The van der Waals surface area contributed by atoms with Crippen LogP contribution in [0.15, 0.2) is 41.6 Å². The molecule has 2 aromatic heterocycles. The molecule has 1 atom stereocenters. The summed E-state index contributed by atoms with van der Waals surface area (Å²) in [7, 11) is -4.14. The van der Waals surface area contributed by atoms with Crippen molar-refractivity contribution in [1.29, 1.82) is 0 Å². The quantitative estimate of drug-likeness (QED) is 0.632. The van der Waals surface area contributed by atoms with E-state index in [0.717, 1.165) is 19.5 Å². The van der Waals surface area contributed by atoms with Crippen LogP contribution in [0.4, 0.5) is 11.6 Å². The van der Waals surface area contributed by atoms with Gasteiger partial charge in [0.1, 0.15) is 11.6 Å². The second-order valence-corrected chi connectivity index (χ2v) is 11.3. The van der Waals surface area contributed by atoms with Crippen LogP contribution in [-0.4, -0.2) is 42.9 Å². The van der Waals surface area contributed by atoms with Crippen molar-refractivity contribution in [3.8, 4) is 0 Å². The fourth-order valence-electron chi connectivity index (χ4n) is 4.75. The molecule has 1 saturated carbocycles. The van der Waals surface area contributed by atoms with Crippen molar-refractivity contribution in [2.24, 2.45) is 11.8 Å². The third-order valence-electron chi connectivity index (χ3n) is 7.25. The lowest BCUT2D eigenvalue weighted by Crippen LogP contribution is -2.43. The average Bonchev–Trinajstić information content (AvgIpc) is 3.40. The van der Waals surface area contributed by atoms with E-state index < -0.39 is 15.9 Å². The second kappa shape index (κ2) is 9.29. The summed E-state index contributed by atoms with van der Waals surface area (Å²) >= 11 is 0. The molecule has 2 fully saturated rings. The maximum atomic E-state index is 13.1. The molecule has 0 aromatic carbocycles. The van der Waals surface area contributed by atoms with Crippen LogP contribution in [0, 0.1) is 11.8 Å². The zero-order valence-electron chi connectivity index (χ0n) is 19.5. The third kappa shape index (κ3) is 4.98. The Labute approximate surface area is 196 Å². The van der Waals surface area contributed by atoms with E-state index >= 15 is 0 Å². The Balaban J connectivity index is 1.51. The van der Waals surface area contributed by atoms with Gasteiger partial charge in [-0.15, -0.1) is 0 Å². The van der Waals surface area contributed by atoms with Gasteiger partial charge in [0.05, 0.1) is 5.56 Å². The van der Waals surface area contributed by atoms with Gasteiger partial charge >= 0.3 is 0 Å². The van der Waals surface area contributed by atoms with Gasteiger partial charge in [0.25, 0.3) is 15.9 Å². The first-order valence-corrected chi connectivity index (χ1v) is 13.2.